The first-order valence-corrected chi connectivity index (χ1v) is 7.07. The summed E-state index contributed by atoms with van der Waals surface area (Å²) in [5.41, 5.74) is 6.07. The van der Waals surface area contributed by atoms with E-state index in [4.69, 9.17) is 15.6 Å². The van der Waals surface area contributed by atoms with Crippen LogP contribution in [0.15, 0.2) is 29.2 Å². The summed E-state index contributed by atoms with van der Waals surface area (Å²) in [7, 11) is -3.15. The molecular formula is C11H17NO4S. The number of aliphatic hydroxyl groups is 1. The van der Waals surface area contributed by atoms with Crippen molar-refractivity contribution in [1.29, 1.82) is 0 Å². The normalized spacial score (nSPS) is 13.6. The van der Waals surface area contributed by atoms with Gasteiger partial charge in [-0.3, -0.25) is 0 Å². The van der Waals surface area contributed by atoms with Crippen LogP contribution in [0.4, 0.5) is 0 Å². The molecule has 3 N–H and O–H groups in total. The van der Waals surface area contributed by atoms with E-state index < -0.39 is 15.9 Å². The van der Waals surface area contributed by atoms with Crippen molar-refractivity contribution < 1.29 is 18.3 Å². The zero-order chi connectivity index (χ0) is 12.9. The summed E-state index contributed by atoms with van der Waals surface area (Å²) in [6.07, 6.45) is 0.501. The molecular weight excluding hydrogens is 242 g/mol. The van der Waals surface area contributed by atoms with E-state index in [2.05, 4.69) is 0 Å². The molecule has 0 aliphatic rings. The fraction of sp³-hybridized carbons (Fsp3) is 0.455. The average molecular weight is 259 g/mol. The highest BCUT2D eigenvalue weighted by molar-refractivity contribution is 7.90. The van der Waals surface area contributed by atoms with Crippen LogP contribution >= 0.6 is 0 Å². The molecule has 96 valence electrons. The van der Waals surface area contributed by atoms with Crippen LogP contribution in [-0.4, -0.2) is 39.0 Å². The predicted octanol–water partition coefficient (Wildman–Crippen LogP) is -0.0737. The molecule has 0 aromatic heterocycles. The van der Waals surface area contributed by atoms with Gasteiger partial charge in [0.05, 0.1) is 24.2 Å². The summed E-state index contributed by atoms with van der Waals surface area (Å²) in [4.78, 5) is 0.281. The minimum atomic E-state index is -3.15. The minimum absolute atomic E-state index is 0.160. The van der Waals surface area contributed by atoms with Gasteiger partial charge in [0.15, 0.2) is 9.84 Å². The highest BCUT2D eigenvalue weighted by atomic mass is 32.2. The van der Waals surface area contributed by atoms with Crippen molar-refractivity contribution in [3.05, 3.63) is 29.8 Å². The maximum absolute atomic E-state index is 11.2. The van der Waals surface area contributed by atoms with Crippen LogP contribution in [0.1, 0.15) is 5.56 Å². The van der Waals surface area contributed by atoms with E-state index in [-0.39, 0.29) is 18.0 Å². The fourth-order valence-electron chi connectivity index (χ4n) is 1.21. The lowest BCUT2D eigenvalue weighted by Crippen LogP contribution is -2.24. The summed E-state index contributed by atoms with van der Waals surface area (Å²) in [6.45, 7) is 0.651. The Kier molecular flexibility index (Phi) is 5.07. The first-order valence-electron chi connectivity index (χ1n) is 5.18. The van der Waals surface area contributed by atoms with Crippen LogP contribution in [0.25, 0.3) is 0 Å². The third-order valence-electron chi connectivity index (χ3n) is 2.20. The van der Waals surface area contributed by atoms with Crippen LogP contribution in [-0.2, 0) is 21.2 Å². The zero-order valence-electron chi connectivity index (χ0n) is 9.67. The molecule has 1 atom stereocenters. The molecule has 0 saturated heterocycles. The molecule has 0 amide bonds. The molecule has 1 aromatic carbocycles. The Balaban J connectivity index is 2.52. The largest absolute Gasteiger partial charge is 0.389 e. The molecule has 0 bridgehead atoms. The van der Waals surface area contributed by atoms with Gasteiger partial charge in [-0.05, 0) is 17.7 Å². The van der Waals surface area contributed by atoms with Crippen LogP contribution < -0.4 is 5.73 Å². The Morgan fingerprint density at radius 2 is 1.94 bits per heavy atom. The smallest absolute Gasteiger partial charge is 0.175 e. The first-order chi connectivity index (χ1) is 7.93. The second-order valence-corrected chi connectivity index (χ2v) is 5.84. The lowest BCUT2D eigenvalue weighted by Gasteiger charge is -2.08. The van der Waals surface area contributed by atoms with Crippen LogP contribution in [0, 0.1) is 0 Å². The molecule has 17 heavy (non-hydrogen) atoms. The van der Waals surface area contributed by atoms with Gasteiger partial charge in [-0.2, -0.15) is 0 Å². The highest BCUT2D eigenvalue weighted by Crippen LogP contribution is 2.11. The van der Waals surface area contributed by atoms with Gasteiger partial charge in [0.2, 0.25) is 0 Å². The topological polar surface area (TPSA) is 89.6 Å². The van der Waals surface area contributed by atoms with E-state index in [0.717, 1.165) is 11.8 Å². The molecule has 0 spiro atoms. The van der Waals surface area contributed by atoms with Crippen molar-refractivity contribution in [2.24, 2.45) is 5.73 Å². The Morgan fingerprint density at radius 1 is 1.35 bits per heavy atom. The van der Waals surface area contributed by atoms with E-state index >= 15 is 0 Å². The number of hydrogen-bond acceptors (Lipinski definition) is 5. The Morgan fingerprint density at radius 3 is 2.41 bits per heavy atom. The van der Waals surface area contributed by atoms with Crippen LogP contribution in [0.2, 0.25) is 0 Å². The average Bonchev–Trinajstić information content (AvgIpc) is 2.28. The number of nitrogens with two attached hydrogens (primary N) is 1. The highest BCUT2D eigenvalue weighted by Gasteiger charge is 2.06. The maximum atomic E-state index is 11.2. The van der Waals surface area contributed by atoms with Gasteiger partial charge in [0.1, 0.15) is 0 Å². The monoisotopic (exact) mass is 259 g/mol. The standard InChI is InChI=1S/C11H17NO4S/c1-17(14,15)11-4-2-9(3-5-11)7-16-8-10(13)6-12/h2-5,10,13H,6-8,12H2,1H3. The molecule has 1 unspecified atom stereocenters. The molecule has 6 heteroatoms. The van der Waals surface area contributed by atoms with E-state index in [9.17, 15) is 8.42 Å². The number of aliphatic hydroxyl groups excluding tert-OH is 1. The van der Waals surface area contributed by atoms with Gasteiger partial charge in [0, 0.05) is 12.8 Å². The molecule has 0 radical (unpaired) electrons. The molecule has 1 rings (SSSR count). The van der Waals surface area contributed by atoms with Crippen LogP contribution in [0.3, 0.4) is 0 Å². The van der Waals surface area contributed by atoms with Gasteiger partial charge in [0.25, 0.3) is 0 Å². The van der Waals surface area contributed by atoms with Gasteiger partial charge in [-0.15, -0.1) is 0 Å². The lowest BCUT2D eigenvalue weighted by atomic mass is 10.2. The van der Waals surface area contributed by atoms with Crippen LogP contribution in [0.5, 0.6) is 0 Å². The van der Waals surface area contributed by atoms with Crippen molar-refractivity contribution in [2.45, 2.75) is 17.6 Å². The molecule has 5 nitrogen and oxygen atoms in total. The summed E-state index contributed by atoms with van der Waals surface area (Å²) in [6, 6.07) is 6.44. The SMILES string of the molecule is CS(=O)(=O)c1ccc(COCC(O)CN)cc1. The van der Waals surface area contributed by atoms with Gasteiger partial charge in [-0.25, -0.2) is 8.42 Å². The Bertz CT molecular complexity index is 441. The number of benzene rings is 1. The molecule has 0 aliphatic carbocycles. The molecule has 1 aromatic rings. The van der Waals surface area contributed by atoms with E-state index in [0.29, 0.717) is 6.61 Å². The van der Waals surface area contributed by atoms with Crippen molar-refractivity contribution in [3.63, 3.8) is 0 Å². The number of sulfone groups is 1. The number of rotatable bonds is 6. The quantitative estimate of drug-likeness (QED) is 0.746. The summed E-state index contributed by atoms with van der Waals surface area (Å²) >= 11 is 0. The summed E-state index contributed by atoms with van der Waals surface area (Å²) < 4.78 is 27.6. The summed E-state index contributed by atoms with van der Waals surface area (Å²) in [5.74, 6) is 0. The van der Waals surface area contributed by atoms with E-state index in [1.54, 1.807) is 12.1 Å². The molecule has 0 fully saturated rings. The van der Waals surface area contributed by atoms with Gasteiger partial charge in [-0.1, -0.05) is 12.1 Å². The van der Waals surface area contributed by atoms with Crippen molar-refractivity contribution in [1.82, 2.24) is 0 Å². The second kappa shape index (κ2) is 6.11. The lowest BCUT2D eigenvalue weighted by molar-refractivity contribution is 0.0329. The van der Waals surface area contributed by atoms with Gasteiger partial charge >= 0.3 is 0 Å². The van der Waals surface area contributed by atoms with Gasteiger partial charge < -0.3 is 15.6 Å². The predicted molar refractivity (Wildman–Crippen MR) is 64.3 cm³/mol. The third kappa shape index (κ3) is 4.82. The van der Waals surface area contributed by atoms with E-state index in [1.165, 1.54) is 12.1 Å². The second-order valence-electron chi connectivity index (χ2n) is 3.82. The molecule has 0 aliphatic heterocycles. The summed E-state index contributed by atoms with van der Waals surface area (Å²) in [5, 5.41) is 9.16. The first kappa shape index (κ1) is 14.1. The Hall–Kier alpha value is -0.950. The number of hydrogen-bond donors (Lipinski definition) is 2. The minimum Gasteiger partial charge on any atom is -0.389 e. The maximum Gasteiger partial charge on any atom is 0.175 e. The molecule has 0 saturated carbocycles. The Labute approximate surface area is 101 Å². The van der Waals surface area contributed by atoms with Crippen molar-refractivity contribution >= 4 is 9.84 Å². The fourth-order valence-corrected chi connectivity index (χ4v) is 1.84. The van der Waals surface area contributed by atoms with E-state index in [1.807, 2.05) is 0 Å². The molecule has 0 heterocycles. The van der Waals surface area contributed by atoms with Crippen molar-refractivity contribution in [2.75, 3.05) is 19.4 Å². The third-order valence-corrected chi connectivity index (χ3v) is 3.33. The number of ether oxygens (including phenoxy) is 1. The zero-order valence-corrected chi connectivity index (χ0v) is 10.5. The van der Waals surface area contributed by atoms with Crippen molar-refractivity contribution in [3.8, 4) is 0 Å².